The SMILES string of the molecule is C=CCCCCCN(C)C(=NCCCc1nc(C)no1)NCC.I. The van der Waals surface area contributed by atoms with Gasteiger partial charge >= 0.3 is 0 Å². The third-order valence-corrected chi connectivity index (χ3v) is 3.48. The highest BCUT2D eigenvalue weighted by Gasteiger charge is 2.06. The fourth-order valence-electron chi connectivity index (χ4n) is 2.25. The van der Waals surface area contributed by atoms with Crippen molar-refractivity contribution in [2.45, 2.75) is 52.4 Å². The molecule has 7 heteroatoms. The van der Waals surface area contributed by atoms with Gasteiger partial charge in [-0.1, -0.05) is 17.7 Å². The normalized spacial score (nSPS) is 11.0. The molecule has 0 saturated heterocycles. The van der Waals surface area contributed by atoms with Crippen LogP contribution in [-0.4, -0.2) is 47.7 Å². The van der Waals surface area contributed by atoms with E-state index >= 15 is 0 Å². The van der Waals surface area contributed by atoms with Crippen molar-refractivity contribution < 1.29 is 4.52 Å². The first-order valence-electron chi connectivity index (χ1n) is 8.57. The van der Waals surface area contributed by atoms with Crippen LogP contribution >= 0.6 is 24.0 Å². The molecule has 0 spiro atoms. The maximum Gasteiger partial charge on any atom is 0.226 e. The molecule has 0 aliphatic carbocycles. The van der Waals surface area contributed by atoms with Gasteiger partial charge < -0.3 is 14.7 Å². The molecule has 0 radical (unpaired) electrons. The summed E-state index contributed by atoms with van der Waals surface area (Å²) in [7, 11) is 2.09. The van der Waals surface area contributed by atoms with Gasteiger partial charge in [-0.05, 0) is 39.5 Å². The first-order chi connectivity index (χ1) is 11.2. The minimum Gasteiger partial charge on any atom is -0.357 e. The second-order valence-corrected chi connectivity index (χ2v) is 5.63. The number of halogens is 1. The van der Waals surface area contributed by atoms with Crippen molar-refractivity contribution >= 4 is 29.9 Å². The first-order valence-corrected chi connectivity index (χ1v) is 8.57. The topological polar surface area (TPSA) is 66.5 Å². The van der Waals surface area contributed by atoms with E-state index in [1.54, 1.807) is 0 Å². The quantitative estimate of drug-likeness (QED) is 0.184. The highest BCUT2D eigenvalue weighted by atomic mass is 127. The monoisotopic (exact) mass is 449 g/mol. The number of unbranched alkanes of at least 4 members (excludes halogenated alkanes) is 3. The minimum absolute atomic E-state index is 0. The van der Waals surface area contributed by atoms with E-state index in [0.717, 1.165) is 44.9 Å². The molecule has 1 heterocycles. The van der Waals surface area contributed by atoms with Crippen molar-refractivity contribution in [3.05, 3.63) is 24.4 Å². The largest absolute Gasteiger partial charge is 0.357 e. The Hall–Kier alpha value is -1.12. The highest BCUT2D eigenvalue weighted by Crippen LogP contribution is 2.03. The fraction of sp³-hybridized carbons (Fsp3) is 0.706. The van der Waals surface area contributed by atoms with Crippen molar-refractivity contribution in [2.24, 2.45) is 4.99 Å². The lowest BCUT2D eigenvalue weighted by atomic mass is 10.2. The number of allylic oxidation sites excluding steroid dienone is 1. The number of aryl methyl sites for hydroxylation is 2. The van der Waals surface area contributed by atoms with Gasteiger partial charge in [0, 0.05) is 33.1 Å². The Morgan fingerprint density at radius 2 is 2.12 bits per heavy atom. The summed E-state index contributed by atoms with van der Waals surface area (Å²) in [6.45, 7) is 10.3. The summed E-state index contributed by atoms with van der Waals surface area (Å²) in [6.07, 6.45) is 8.39. The molecule has 0 unspecified atom stereocenters. The van der Waals surface area contributed by atoms with Gasteiger partial charge in [0.2, 0.25) is 5.89 Å². The lowest BCUT2D eigenvalue weighted by Gasteiger charge is -2.22. The Labute approximate surface area is 163 Å². The molecule has 0 aliphatic rings. The predicted molar refractivity (Wildman–Crippen MR) is 110 cm³/mol. The molecule has 0 atom stereocenters. The summed E-state index contributed by atoms with van der Waals surface area (Å²) < 4.78 is 5.11. The third-order valence-electron chi connectivity index (χ3n) is 3.48. The molecule has 1 N–H and O–H groups in total. The Balaban J connectivity index is 0.00000529. The van der Waals surface area contributed by atoms with Crippen LogP contribution in [0, 0.1) is 6.92 Å². The van der Waals surface area contributed by atoms with Crippen LogP contribution in [-0.2, 0) is 6.42 Å². The predicted octanol–water partition coefficient (Wildman–Crippen LogP) is 3.57. The molecule has 0 saturated carbocycles. The number of aromatic nitrogens is 2. The second-order valence-electron chi connectivity index (χ2n) is 5.63. The van der Waals surface area contributed by atoms with Gasteiger partial charge in [0.15, 0.2) is 11.8 Å². The Morgan fingerprint density at radius 3 is 2.75 bits per heavy atom. The fourth-order valence-corrected chi connectivity index (χ4v) is 2.25. The minimum atomic E-state index is 0. The molecule has 0 fully saturated rings. The third kappa shape index (κ3) is 9.89. The van der Waals surface area contributed by atoms with Gasteiger partial charge in [-0.25, -0.2) is 0 Å². The van der Waals surface area contributed by atoms with Crippen molar-refractivity contribution in [1.82, 2.24) is 20.4 Å². The molecule has 0 aromatic carbocycles. The standard InChI is InChI=1S/C17H31N5O.HI/c1-5-7-8-9-10-14-22(4)17(18-6-2)19-13-11-12-16-20-15(3)21-23-16;/h5H,1,6-14H2,2-4H3,(H,18,19);1H. The Kier molecular flexibility index (Phi) is 13.6. The van der Waals surface area contributed by atoms with E-state index in [1.165, 1.54) is 19.3 Å². The molecule has 6 nitrogen and oxygen atoms in total. The summed E-state index contributed by atoms with van der Waals surface area (Å²) >= 11 is 0. The van der Waals surface area contributed by atoms with E-state index in [-0.39, 0.29) is 24.0 Å². The maximum absolute atomic E-state index is 5.11. The van der Waals surface area contributed by atoms with Crippen LogP contribution in [0.2, 0.25) is 0 Å². The molecule has 0 aliphatic heterocycles. The molecule has 24 heavy (non-hydrogen) atoms. The van der Waals surface area contributed by atoms with Crippen LogP contribution in [0.1, 0.15) is 50.7 Å². The smallest absolute Gasteiger partial charge is 0.226 e. The molecular formula is C17H32IN5O. The number of hydrogen-bond donors (Lipinski definition) is 1. The van der Waals surface area contributed by atoms with E-state index in [0.29, 0.717) is 11.7 Å². The van der Waals surface area contributed by atoms with Crippen LogP contribution in [0.25, 0.3) is 0 Å². The van der Waals surface area contributed by atoms with Gasteiger partial charge in [0.05, 0.1) is 0 Å². The van der Waals surface area contributed by atoms with Crippen LogP contribution < -0.4 is 5.32 Å². The zero-order chi connectivity index (χ0) is 16.9. The van der Waals surface area contributed by atoms with Crippen molar-refractivity contribution in [1.29, 1.82) is 0 Å². The molecule has 1 aromatic rings. The van der Waals surface area contributed by atoms with Gasteiger partial charge in [0.25, 0.3) is 0 Å². The first kappa shape index (κ1) is 22.9. The number of hydrogen-bond acceptors (Lipinski definition) is 4. The van der Waals surface area contributed by atoms with E-state index < -0.39 is 0 Å². The zero-order valence-corrected chi connectivity index (χ0v) is 17.6. The highest BCUT2D eigenvalue weighted by molar-refractivity contribution is 14.0. The van der Waals surface area contributed by atoms with Gasteiger partial charge in [-0.3, -0.25) is 4.99 Å². The molecule has 138 valence electrons. The van der Waals surface area contributed by atoms with E-state index in [4.69, 9.17) is 4.52 Å². The van der Waals surface area contributed by atoms with Crippen LogP contribution in [0.5, 0.6) is 0 Å². The average Bonchev–Trinajstić information content (AvgIpc) is 2.95. The van der Waals surface area contributed by atoms with Crippen LogP contribution in [0.15, 0.2) is 22.2 Å². The Morgan fingerprint density at radius 1 is 1.33 bits per heavy atom. The molecular weight excluding hydrogens is 417 g/mol. The Bertz CT molecular complexity index is 475. The van der Waals surface area contributed by atoms with Crippen molar-refractivity contribution in [2.75, 3.05) is 26.7 Å². The van der Waals surface area contributed by atoms with Crippen LogP contribution in [0.4, 0.5) is 0 Å². The summed E-state index contributed by atoms with van der Waals surface area (Å²) in [5, 5.41) is 7.14. The number of aliphatic imine (C=N–C) groups is 1. The number of nitrogens with zero attached hydrogens (tertiary/aromatic N) is 4. The van der Waals surface area contributed by atoms with Gasteiger partial charge in [0.1, 0.15) is 0 Å². The molecule has 1 aromatic heterocycles. The van der Waals surface area contributed by atoms with Crippen molar-refractivity contribution in [3.8, 4) is 0 Å². The molecule has 0 amide bonds. The zero-order valence-electron chi connectivity index (χ0n) is 15.3. The lowest BCUT2D eigenvalue weighted by molar-refractivity contribution is 0.372. The van der Waals surface area contributed by atoms with Gasteiger partial charge in [-0.15, -0.1) is 30.6 Å². The molecule has 1 rings (SSSR count). The second kappa shape index (κ2) is 14.2. The van der Waals surface area contributed by atoms with E-state index in [1.807, 2.05) is 13.0 Å². The number of guanidine groups is 1. The van der Waals surface area contributed by atoms with Crippen LogP contribution in [0.3, 0.4) is 0 Å². The molecule has 0 bridgehead atoms. The summed E-state index contributed by atoms with van der Waals surface area (Å²) in [6, 6.07) is 0. The maximum atomic E-state index is 5.11. The average molecular weight is 449 g/mol. The number of nitrogens with one attached hydrogen (secondary N) is 1. The van der Waals surface area contributed by atoms with E-state index in [2.05, 4.69) is 45.9 Å². The summed E-state index contributed by atoms with van der Waals surface area (Å²) in [5.74, 6) is 2.35. The van der Waals surface area contributed by atoms with Gasteiger partial charge in [-0.2, -0.15) is 4.98 Å². The summed E-state index contributed by atoms with van der Waals surface area (Å²) in [4.78, 5) is 11.1. The summed E-state index contributed by atoms with van der Waals surface area (Å²) in [5.41, 5.74) is 0. The van der Waals surface area contributed by atoms with E-state index in [9.17, 15) is 0 Å². The lowest BCUT2D eigenvalue weighted by Crippen LogP contribution is -2.39. The van der Waals surface area contributed by atoms with Crippen molar-refractivity contribution in [3.63, 3.8) is 0 Å². The number of rotatable bonds is 11.